The Morgan fingerprint density at radius 2 is 1.71 bits per heavy atom. The molecule has 2 atom stereocenters. The highest BCUT2D eigenvalue weighted by molar-refractivity contribution is 5.34. The van der Waals surface area contributed by atoms with Crippen molar-refractivity contribution in [2.24, 2.45) is 17.8 Å². The highest BCUT2D eigenvalue weighted by Crippen LogP contribution is 2.39. The average Bonchev–Trinajstić information content (AvgIpc) is 2.70. The maximum Gasteiger partial charge on any atom is 0.266 e. The van der Waals surface area contributed by atoms with E-state index in [1.54, 1.807) is 12.1 Å². The van der Waals surface area contributed by atoms with Gasteiger partial charge in [0.05, 0.1) is 18.3 Å². The lowest BCUT2D eigenvalue weighted by Gasteiger charge is -2.38. The summed E-state index contributed by atoms with van der Waals surface area (Å²) in [6.07, 6.45) is 8.74. The van der Waals surface area contributed by atoms with Gasteiger partial charge < -0.3 is 4.74 Å². The Balaban J connectivity index is 1.46. The molecule has 1 saturated heterocycles. The Bertz CT molecular complexity index is 615. The van der Waals surface area contributed by atoms with Gasteiger partial charge in [-0.15, -0.1) is 0 Å². The van der Waals surface area contributed by atoms with Gasteiger partial charge in [0.25, 0.3) is 6.43 Å². The van der Waals surface area contributed by atoms with E-state index in [4.69, 9.17) is 4.74 Å². The quantitative estimate of drug-likeness (QED) is 0.466. The van der Waals surface area contributed by atoms with E-state index in [2.05, 4.69) is 6.92 Å². The molecule has 0 spiro atoms. The average molecular weight is 397 g/mol. The van der Waals surface area contributed by atoms with Gasteiger partial charge in [-0.1, -0.05) is 44.7 Å². The van der Waals surface area contributed by atoms with Gasteiger partial charge in [0, 0.05) is 0 Å². The van der Waals surface area contributed by atoms with Crippen molar-refractivity contribution in [3.8, 4) is 0 Å². The second-order valence-corrected chi connectivity index (χ2v) is 8.97. The number of aryl methyl sites for hydroxylation is 2. The molecular formula is C24H35F3O. The molecule has 2 unspecified atom stereocenters. The van der Waals surface area contributed by atoms with Crippen molar-refractivity contribution in [1.29, 1.82) is 0 Å². The molecule has 1 aliphatic carbocycles. The van der Waals surface area contributed by atoms with Crippen LogP contribution in [0.3, 0.4) is 0 Å². The highest BCUT2D eigenvalue weighted by Gasteiger charge is 2.31. The van der Waals surface area contributed by atoms with E-state index in [9.17, 15) is 13.2 Å². The molecule has 2 fully saturated rings. The van der Waals surface area contributed by atoms with Gasteiger partial charge in [0.1, 0.15) is 5.82 Å². The van der Waals surface area contributed by atoms with Crippen LogP contribution < -0.4 is 0 Å². The van der Waals surface area contributed by atoms with Crippen molar-refractivity contribution in [3.63, 3.8) is 0 Å². The lowest BCUT2D eigenvalue weighted by molar-refractivity contribution is -0.0418. The molecule has 0 radical (unpaired) electrons. The molecule has 1 heterocycles. The minimum atomic E-state index is -2.77. The van der Waals surface area contributed by atoms with Crippen molar-refractivity contribution in [3.05, 3.63) is 34.6 Å². The van der Waals surface area contributed by atoms with Gasteiger partial charge in [-0.2, -0.15) is 0 Å². The Hall–Kier alpha value is -1.03. The first kappa shape index (κ1) is 21.7. The number of halogens is 3. The summed E-state index contributed by atoms with van der Waals surface area (Å²) in [4.78, 5) is 0. The zero-order valence-electron chi connectivity index (χ0n) is 17.4. The summed E-state index contributed by atoms with van der Waals surface area (Å²) >= 11 is 0. The lowest BCUT2D eigenvalue weighted by atomic mass is 9.73. The molecular weight excluding hydrogens is 361 g/mol. The van der Waals surface area contributed by atoms with Crippen LogP contribution in [0.15, 0.2) is 12.1 Å². The van der Waals surface area contributed by atoms with E-state index in [-0.39, 0.29) is 11.7 Å². The highest BCUT2D eigenvalue weighted by atomic mass is 19.3. The molecule has 1 aliphatic heterocycles. The molecule has 158 valence electrons. The fourth-order valence-electron chi connectivity index (χ4n) is 5.29. The van der Waals surface area contributed by atoms with Crippen LogP contribution in [0.5, 0.6) is 0 Å². The molecule has 2 aliphatic rings. The molecule has 3 rings (SSSR count). The SMILES string of the molecule is CCCC1CCC(C2CCC(CCc3ccc(C)c(F)c3C(F)F)OC2)CC1. The first-order chi connectivity index (χ1) is 13.5. The standard InChI is InChI=1S/C24H35F3O/c1-3-4-17-6-9-18(10-7-17)20-12-14-21(28-15-20)13-11-19-8-5-16(2)23(25)22(19)24(26)27/h5,8,17-18,20-21,24H,3-4,6-7,9-15H2,1-2H3. The number of benzene rings is 1. The van der Waals surface area contributed by atoms with Gasteiger partial charge in [0.2, 0.25) is 0 Å². The van der Waals surface area contributed by atoms with E-state index in [1.807, 2.05) is 0 Å². The second kappa shape index (κ2) is 10.1. The molecule has 1 nitrogen and oxygen atoms in total. The minimum absolute atomic E-state index is 0.113. The summed E-state index contributed by atoms with van der Waals surface area (Å²) < 4.78 is 46.8. The van der Waals surface area contributed by atoms with Crippen molar-refractivity contribution >= 4 is 0 Å². The van der Waals surface area contributed by atoms with Crippen LogP contribution in [0.1, 0.15) is 87.8 Å². The topological polar surface area (TPSA) is 9.23 Å². The van der Waals surface area contributed by atoms with Gasteiger partial charge >= 0.3 is 0 Å². The van der Waals surface area contributed by atoms with Crippen LogP contribution >= 0.6 is 0 Å². The van der Waals surface area contributed by atoms with Crippen LogP contribution in [-0.4, -0.2) is 12.7 Å². The zero-order chi connectivity index (χ0) is 20.1. The normalized spacial score (nSPS) is 28.6. The predicted octanol–water partition coefficient (Wildman–Crippen LogP) is 7.41. The third-order valence-corrected chi connectivity index (χ3v) is 7.08. The molecule has 1 aromatic carbocycles. The van der Waals surface area contributed by atoms with E-state index in [1.165, 1.54) is 51.9 Å². The van der Waals surface area contributed by atoms with Crippen LogP contribution in [0.25, 0.3) is 0 Å². The number of alkyl halides is 2. The summed E-state index contributed by atoms with van der Waals surface area (Å²) in [5, 5.41) is 0. The number of hydrogen-bond donors (Lipinski definition) is 0. The summed E-state index contributed by atoms with van der Waals surface area (Å²) in [6, 6.07) is 3.25. The first-order valence-corrected chi connectivity index (χ1v) is 11.2. The molecule has 0 bridgehead atoms. The predicted molar refractivity (Wildman–Crippen MR) is 107 cm³/mol. The molecule has 1 saturated carbocycles. The van der Waals surface area contributed by atoms with Crippen LogP contribution in [0, 0.1) is 30.5 Å². The Morgan fingerprint density at radius 3 is 2.32 bits per heavy atom. The number of rotatable bonds is 7. The number of hydrogen-bond acceptors (Lipinski definition) is 1. The molecule has 1 aromatic rings. The lowest BCUT2D eigenvalue weighted by Crippen LogP contribution is -2.32. The minimum Gasteiger partial charge on any atom is -0.378 e. The largest absolute Gasteiger partial charge is 0.378 e. The second-order valence-electron chi connectivity index (χ2n) is 8.97. The summed E-state index contributed by atoms with van der Waals surface area (Å²) in [6.45, 7) is 4.61. The first-order valence-electron chi connectivity index (χ1n) is 11.2. The summed E-state index contributed by atoms with van der Waals surface area (Å²) in [5.74, 6) is 1.63. The smallest absolute Gasteiger partial charge is 0.266 e. The Kier molecular flexibility index (Phi) is 7.85. The molecule has 28 heavy (non-hydrogen) atoms. The maximum absolute atomic E-state index is 14.1. The van der Waals surface area contributed by atoms with E-state index >= 15 is 0 Å². The summed E-state index contributed by atoms with van der Waals surface area (Å²) in [5.41, 5.74) is 0.292. The van der Waals surface area contributed by atoms with E-state index in [0.717, 1.165) is 24.9 Å². The Labute approximate surface area is 168 Å². The van der Waals surface area contributed by atoms with Crippen molar-refractivity contribution in [1.82, 2.24) is 0 Å². The molecule has 0 aromatic heterocycles. The van der Waals surface area contributed by atoms with Gasteiger partial charge in [-0.3, -0.25) is 0 Å². The zero-order valence-corrected chi connectivity index (χ0v) is 17.4. The molecule has 0 N–H and O–H groups in total. The van der Waals surface area contributed by atoms with E-state index < -0.39 is 17.8 Å². The van der Waals surface area contributed by atoms with Crippen LogP contribution in [0.2, 0.25) is 0 Å². The fourth-order valence-corrected chi connectivity index (χ4v) is 5.29. The van der Waals surface area contributed by atoms with E-state index in [0.29, 0.717) is 24.3 Å². The molecule has 4 heteroatoms. The number of ether oxygens (including phenoxy) is 1. The Morgan fingerprint density at radius 1 is 1.00 bits per heavy atom. The van der Waals surface area contributed by atoms with Gasteiger partial charge in [0.15, 0.2) is 0 Å². The monoisotopic (exact) mass is 396 g/mol. The van der Waals surface area contributed by atoms with Crippen LogP contribution in [0.4, 0.5) is 13.2 Å². The van der Waals surface area contributed by atoms with Crippen molar-refractivity contribution < 1.29 is 17.9 Å². The fraction of sp³-hybridized carbons (Fsp3) is 0.750. The molecule has 0 amide bonds. The van der Waals surface area contributed by atoms with Crippen molar-refractivity contribution in [2.75, 3.05) is 6.61 Å². The third kappa shape index (κ3) is 5.31. The van der Waals surface area contributed by atoms with Gasteiger partial charge in [-0.25, -0.2) is 13.2 Å². The van der Waals surface area contributed by atoms with Gasteiger partial charge in [-0.05, 0) is 74.3 Å². The van der Waals surface area contributed by atoms with Crippen molar-refractivity contribution in [2.45, 2.75) is 90.6 Å². The summed E-state index contributed by atoms with van der Waals surface area (Å²) in [7, 11) is 0. The maximum atomic E-state index is 14.1. The third-order valence-electron chi connectivity index (χ3n) is 7.08. The van der Waals surface area contributed by atoms with Crippen LogP contribution in [-0.2, 0) is 11.2 Å².